The molecule has 114 valence electrons. The quantitative estimate of drug-likeness (QED) is 0.926. The molecule has 1 aliphatic rings. The van der Waals surface area contributed by atoms with Crippen LogP contribution in [0.5, 0.6) is 0 Å². The lowest BCUT2D eigenvalue weighted by Crippen LogP contribution is -2.53. The van der Waals surface area contributed by atoms with Crippen molar-refractivity contribution >= 4 is 12.1 Å². The summed E-state index contributed by atoms with van der Waals surface area (Å²) >= 11 is 0. The smallest absolute Gasteiger partial charge is 0.410 e. The maximum Gasteiger partial charge on any atom is 0.410 e. The Kier molecular flexibility index (Phi) is 4.50. The molecule has 1 fully saturated rings. The molecular weight excluding hydrogens is 270 g/mol. The first-order valence-electron chi connectivity index (χ1n) is 7.13. The Balaban J connectivity index is 2.02. The molecule has 0 radical (unpaired) electrons. The van der Waals surface area contributed by atoms with Crippen molar-refractivity contribution in [2.24, 2.45) is 5.92 Å². The van der Waals surface area contributed by atoms with Crippen LogP contribution in [0.2, 0.25) is 0 Å². The monoisotopic (exact) mass is 291 g/mol. The summed E-state index contributed by atoms with van der Waals surface area (Å²) in [4.78, 5) is 25.1. The van der Waals surface area contributed by atoms with E-state index in [0.29, 0.717) is 18.8 Å². The third-order valence-electron chi connectivity index (χ3n) is 4.26. The van der Waals surface area contributed by atoms with Crippen molar-refractivity contribution in [3.8, 4) is 0 Å². The number of carboxylic acids is 1. The highest BCUT2D eigenvalue weighted by Crippen LogP contribution is 2.38. The highest BCUT2D eigenvalue weighted by molar-refractivity contribution is 5.84. The Morgan fingerprint density at radius 3 is 2.57 bits per heavy atom. The molecule has 0 spiro atoms. The van der Waals surface area contributed by atoms with Gasteiger partial charge in [0.25, 0.3) is 0 Å². The molecular formula is C16H21NO4. The SMILES string of the molecule is CC1CCC(C(=O)O)(N(C)C(=O)OCc2ccccc2)C1. The second-order valence-electron chi connectivity index (χ2n) is 5.78. The van der Waals surface area contributed by atoms with Crippen LogP contribution in [-0.2, 0) is 16.1 Å². The minimum atomic E-state index is -1.13. The summed E-state index contributed by atoms with van der Waals surface area (Å²) in [6.45, 7) is 2.16. The van der Waals surface area contributed by atoms with Gasteiger partial charge in [-0.2, -0.15) is 0 Å². The molecule has 1 aliphatic carbocycles. The summed E-state index contributed by atoms with van der Waals surface area (Å²) in [5.74, 6) is -0.656. The van der Waals surface area contributed by atoms with Crippen molar-refractivity contribution in [2.45, 2.75) is 38.3 Å². The van der Waals surface area contributed by atoms with E-state index in [1.165, 1.54) is 11.9 Å². The van der Waals surface area contributed by atoms with Crippen molar-refractivity contribution in [2.75, 3.05) is 7.05 Å². The number of carbonyl (C=O) groups is 2. The van der Waals surface area contributed by atoms with Crippen molar-refractivity contribution < 1.29 is 19.4 Å². The molecule has 2 atom stereocenters. The Bertz CT molecular complexity index is 516. The molecule has 1 saturated carbocycles. The maximum atomic E-state index is 12.2. The van der Waals surface area contributed by atoms with Gasteiger partial charge in [0.2, 0.25) is 0 Å². The topological polar surface area (TPSA) is 66.8 Å². The van der Waals surface area contributed by atoms with Gasteiger partial charge < -0.3 is 9.84 Å². The Morgan fingerprint density at radius 1 is 1.38 bits per heavy atom. The predicted molar refractivity (Wildman–Crippen MR) is 77.8 cm³/mol. The van der Waals surface area contributed by atoms with E-state index in [1.807, 2.05) is 37.3 Å². The van der Waals surface area contributed by atoms with Gasteiger partial charge in [-0.1, -0.05) is 37.3 Å². The molecule has 0 aliphatic heterocycles. The number of carboxylic acid groups (broad SMARTS) is 1. The van der Waals surface area contributed by atoms with Crippen LogP contribution in [0.4, 0.5) is 4.79 Å². The summed E-state index contributed by atoms with van der Waals surface area (Å²) in [5, 5.41) is 9.54. The lowest BCUT2D eigenvalue weighted by Gasteiger charge is -2.34. The van der Waals surface area contributed by atoms with Crippen LogP contribution in [0.1, 0.15) is 31.7 Å². The van der Waals surface area contributed by atoms with Crippen LogP contribution in [0.25, 0.3) is 0 Å². The molecule has 21 heavy (non-hydrogen) atoms. The Morgan fingerprint density at radius 2 is 2.05 bits per heavy atom. The zero-order valence-electron chi connectivity index (χ0n) is 12.4. The normalized spacial score (nSPS) is 24.6. The second kappa shape index (κ2) is 6.16. The molecule has 1 aromatic carbocycles. The number of amides is 1. The van der Waals surface area contributed by atoms with Gasteiger partial charge in [0, 0.05) is 7.05 Å². The van der Waals surface area contributed by atoms with E-state index in [0.717, 1.165) is 12.0 Å². The third kappa shape index (κ3) is 3.17. The molecule has 0 saturated heterocycles. The largest absolute Gasteiger partial charge is 0.479 e. The molecule has 5 heteroatoms. The average molecular weight is 291 g/mol. The number of likely N-dealkylation sites (N-methyl/N-ethyl adjacent to an activating group) is 1. The second-order valence-corrected chi connectivity index (χ2v) is 5.78. The van der Waals surface area contributed by atoms with E-state index in [-0.39, 0.29) is 6.61 Å². The molecule has 0 heterocycles. The van der Waals surface area contributed by atoms with E-state index in [2.05, 4.69) is 0 Å². The van der Waals surface area contributed by atoms with E-state index < -0.39 is 17.6 Å². The number of carbonyl (C=O) groups excluding carboxylic acids is 1. The first kappa shape index (κ1) is 15.4. The summed E-state index contributed by atoms with van der Waals surface area (Å²) < 4.78 is 5.24. The van der Waals surface area contributed by atoms with Crippen LogP contribution in [0, 0.1) is 5.92 Å². The summed E-state index contributed by atoms with van der Waals surface area (Å²) in [5.41, 5.74) is -0.254. The first-order chi connectivity index (χ1) is 9.95. The minimum Gasteiger partial charge on any atom is -0.479 e. The molecule has 5 nitrogen and oxygen atoms in total. The summed E-state index contributed by atoms with van der Waals surface area (Å²) in [6.07, 6.45) is 1.16. The number of rotatable bonds is 4. The lowest BCUT2D eigenvalue weighted by molar-refractivity contribution is -0.149. The zero-order chi connectivity index (χ0) is 15.5. The number of aliphatic carboxylic acids is 1. The lowest BCUT2D eigenvalue weighted by atomic mass is 9.95. The van der Waals surface area contributed by atoms with Crippen LogP contribution < -0.4 is 0 Å². The van der Waals surface area contributed by atoms with E-state index in [1.54, 1.807) is 0 Å². The molecule has 1 amide bonds. The average Bonchev–Trinajstić information content (AvgIpc) is 2.88. The molecule has 1 aromatic rings. The molecule has 1 N–H and O–H groups in total. The minimum absolute atomic E-state index is 0.148. The van der Waals surface area contributed by atoms with Crippen LogP contribution >= 0.6 is 0 Å². The fraction of sp³-hybridized carbons (Fsp3) is 0.500. The molecule has 0 bridgehead atoms. The van der Waals surface area contributed by atoms with E-state index >= 15 is 0 Å². The standard InChI is InChI=1S/C16H21NO4/c1-12-8-9-16(10-12,14(18)19)17(2)15(20)21-11-13-6-4-3-5-7-13/h3-7,12H,8-11H2,1-2H3,(H,18,19). The van der Waals surface area contributed by atoms with Gasteiger partial charge >= 0.3 is 12.1 Å². The van der Waals surface area contributed by atoms with Gasteiger partial charge in [-0.05, 0) is 30.7 Å². The summed E-state index contributed by atoms with van der Waals surface area (Å²) in [6, 6.07) is 9.33. The Labute approximate surface area is 124 Å². The third-order valence-corrected chi connectivity index (χ3v) is 4.26. The summed E-state index contributed by atoms with van der Waals surface area (Å²) in [7, 11) is 1.51. The van der Waals surface area contributed by atoms with Crippen molar-refractivity contribution in [3.63, 3.8) is 0 Å². The van der Waals surface area contributed by atoms with Gasteiger partial charge in [-0.25, -0.2) is 9.59 Å². The predicted octanol–water partition coefficient (Wildman–Crippen LogP) is 2.90. The fourth-order valence-electron chi connectivity index (χ4n) is 2.90. The number of benzene rings is 1. The van der Waals surface area contributed by atoms with Gasteiger partial charge in [0.05, 0.1) is 0 Å². The van der Waals surface area contributed by atoms with Crippen molar-refractivity contribution in [1.82, 2.24) is 4.90 Å². The highest BCUT2D eigenvalue weighted by Gasteiger charge is 2.49. The molecule has 2 rings (SSSR count). The Hall–Kier alpha value is -2.04. The van der Waals surface area contributed by atoms with E-state index in [4.69, 9.17) is 4.74 Å². The number of hydrogen-bond acceptors (Lipinski definition) is 3. The molecule has 0 aromatic heterocycles. The zero-order valence-corrected chi connectivity index (χ0v) is 12.4. The van der Waals surface area contributed by atoms with Crippen LogP contribution in [0.3, 0.4) is 0 Å². The van der Waals surface area contributed by atoms with Gasteiger partial charge in [0.1, 0.15) is 12.1 Å². The number of hydrogen-bond donors (Lipinski definition) is 1. The number of ether oxygens (including phenoxy) is 1. The van der Waals surface area contributed by atoms with Gasteiger partial charge in [0.15, 0.2) is 0 Å². The van der Waals surface area contributed by atoms with Crippen LogP contribution in [-0.4, -0.2) is 34.7 Å². The van der Waals surface area contributed by atoms with Crippen LogP contribution in [0.15, 0.2) is 30.3 Å². The van der Waals surface area contributed by atoms with Crippen molar-refractivity contribution in [1.29, 1.82) is 0 Å². The number of nitrogens with zero attached hydrogens (tertiary/aromatic N) is 1. The van der Waals surface area contributed by atoms with Crippen molar-refractivity contribution in [3.05, 3.63) is 35.9 Å². The first-order valence-corrected chi connectivity index (χ1v) is 7.13. The highest BCUT2D eigenvalue weighted by atomic mass is 16.6. The van der Waals surface area contributed by atoms with Gasteiger partial charge in [-0.15, -0.1) is 0 Å². The van der Waals surface area contributed by atoms with Gasteiger partial charge in [-0.3, -0.25) is 4.90 Å². The van der Waals surface area contributed by atoms with E-state index in [9.17, 15) is 14.7 Å². The fourth-order valence-corrected chi connectivity index (χ4v) is 2.90. The molecule has 2 unspecified atom stereocenters. The maximum absolute atomic E-state index is 12.2.